The first-order chi connectivity index (χ1) is 17.0. The summed E-state index contributed by atoms with van der Waals surface area (Å²) in [5.41, 5.74) is 3.78. The Bertz CT molecular complexity index is 1330. The zero-order chi connectivity index (χ0) is 24.4. The molecule has 2 aromatic carbocycles. The molecule has 0 spiro atoms. The highest BCUT2D eigenvalue weighted by molar-refractivity contribution is 5.99. The van der Waals surface area contributed by atoms with Crippen molar-refractivity contribution in [3.63, 3.8) is 0 Å². The van der Waals surface area contributed by atoms with Crippen molar-refractivity contribution in [2.24, 2.45) is 7.05 Å². The van der Waals surface area contributed by atoms with Gasteiger partial charge in [0.2, 0.25) is 0 Å². The highest BCUT2D eigenvalue weighted by Crippen LogP contribution is 2.28. The number of ether oxygens (including phenoxy) is 1. The molecule has 8 heteroatoms. The number of carbonyl (C=O) groups is 1. The van der Waals surface area contributed by atoms with Crippen molar-refractivity contribution in [3.8, 4) is 28.1 Å². The normalized spacial score (nSPS) is 15.9. The van der Waals surface area contributed by atoms with Gasteiger partial charge in [-0.15, -0.1) is 0 Å². The number of benzene rings is 2. The van der Waals surface area contributed by atoms with Crippen LogP contribution in [0.25, 0.3) is 22.4 Å². The van der Waals surface area contributed by atoms with E-state index in [1.807, 2.05) is 41.6 Å². The average Bonchev–Trinajstić information content (AvgIpc) is 3.51. The molecule has 1 amide bonds. The Labute approximate surface area is 203 Å². The molecule has 1 saturated heterocycles. The predicted octanol–water partition coefficient (Wildman–Crippen LogP) is 4.86. The molecule has 1 aliphatic rings. The maximum Gasteiger partial charge on any atom is 0.275 e. The summed E-state index contributed by atoms with van der Waals surface area (Å²) >= 11 is 0. The molecule has 0 aliphatic carbocycles. The van der Waals surface area contributed by atoms with Crippen LogP contribution < -0.4 is 4.74 Å². The Kier molecular flexibility index (Phi) is 6.35. The van der Waals surface area contributed by atoms with Gasteiger partial charge in [-0.3, -0.25) is 9.48 Å². The number of hydrogen-bond acceptors (Lipinski definition) is 4. The van der Waals surface area contributed by atoms with E-state index < -0.39 is 0 Å². The molecule has 0 bridgehead atoms. The molecule has 5 rings (SSSR count). The molecule has 2 aromatic heterocycles. The van der Waals surface area contributed by atoms with E-state index in [4.69, 9.17) is 4.74 Å². The Hall–Kier alpha value is -3.94. The molecule has 1 aliphatic heterocycles. The van der Waals surface area contributed by atoms with E-state index in [2.05, 4.69) is 15.1 Å². The number of halogens is 1. The molecule has 1 N–H and O–H groups in total. The predicted molar refractivity (Wildman–Crippen MR) is 132 cm³/mol. The van der Waals surface area contributed by atoms with Gasteiger partial charge in [-0.2, -0.15) is 5.10 Å². The summed E-state index contributed by atoms with van der Waals surface area (Å²) in [5, 5.41) is 4.48. The summed E-state index contributed by atoms with van der Waals surface area (Å²) in [6.45, 7) is 0.673. The van der Waals surface area contributed by atoms with Crippen molar-refractivity contribution in [2.75, 3.05) is 13.7 Å². The fourth-order valence-corrected chi connectivity index (χ4v) is 4.73. The minimum atomic E-state index is -0.312. The van der Waals surface area contributed by atoms with E-state index in [1.54, 1.807) is 31.0 Å². The number of likely N-dealkylation sites (tertiary alicyclic amines) is 1. The van der Waals surface area contributed by atoms with Crippen LogP contribution in [0.4, 0.5) is 4.39 Å². The first-order valence-electron chi connectivity index (χ1n) is 11.8. The largest absolute Gasteiger partial charge is 0.497 e. The van der Waals surface area contributed by atoms with Crippen LogP contribution >= 0.6 is 0 Å². The first-order valence-corrected chi connectivity index (χ1v) is 11.8. The van der Waals surface area contributed by atoms with Crippen molar-refractivity contribution in [2.45, 2.75) is 31.7 Å². The number of amides is 1. The van der Waals surface area contributed by atoms with Crippen LogP contribution in [0.1, 0.15) is 35.6 Å². The monoisotopic (exact) mass is 473 g/mol. The van der Waals surface area contributed by atoms with E-state index >= 15 is 0 Å². The summed E-state index contributed by atoms with van der Waals surface area (Å²) in [7, 11) is 3.44. The number of methoxy groups -OCH3 is 1. The second-order valence-corrected chi connectivity index (χ2v) is 8.90. The third kappa shape index (κ3) is 4.82. The number of H-pyrrole nitrogens is 1. The molecular formula is C27H28FN5O2. The van der Waals surface area contributed by atoms with Crippen molar-refractivity contribution >= 4 is 5.91 Å². The smallest absolute Gasteiger partial charge is 0.275 e. The van der Waals surface area contributed by atoms with Gasteiger partial charge in [-0.05, 0) is 49.1 Å². The minimum Gasteiger partial charge on any atom is -0.497 e. The molecule has 1 atom stereocenters. The maximum atomic E-state index is 13.7. The number of aromatic nitrogens is 4. The van der Waals surface area contributed by atoms with Crippen LogP contribution in [0.5, 0.6) is 5.75 Å². The molecule has 1 fully saturated rings. The van der Waals surface area contributed by atoms with Crippen LogP contribution in [0.15, 0.2) is 60.9 Å². The van der Waals surface area contributed by atoms with Gasteiger partial charge in [-0.25, -0.2) is 9.37 Å². The minimum absolute atomic E-state index is 0.0173. The number of piperidine rings is 1. The van der Waals surface area contributed by atoms with Gasteiger partial charge in [0.05, 0.1) is 19.0 Å². The highest BCUT2D eigenvalue weighted by Gasteiger charge is 2.31. The zero-order valence-electron chi connectivity index (χ0n) is 19.9. The van der Waals surface area contributed by atoms with Gasteiger partial charge >= 0.3 is 0 Å². The lowest BCUT2D eigenvalue weighted by molar-refractivity contribution is 0.0605. The van der Waals surface area contributed by atoms with Gasteiger partial charge < -0.3 is 14.6 Å². The molecule has 0 saturated carbocycles. The highest BCUT2D eigenvalue weighted by atomic mass is 19.1. The number of rotatable bonds is 6. The van der Waals surface area contributed by atoms with Gasteiger partial charge in [0.15, 0.2) is 5.69 Å². The van der Waals surface area contributed by atoms with Crippen LogP contribution in [0, 0.1) is 5.82 Å². The number of imidazole rings is 1. The second-order valence-electron chi connectivity index (χ2n) is 8.90. The SMILES string of the molecule is COc1cccc(-c2cnc(CC3CCCCN3C(=O)c3nn(C)cc3-c3ccc(F)cc3)[nH]2)c1. The van der Waals surface area contributed by atoms with E-state index in [0.29, 0.717) is 24.2 Å². The molecule has 4 aromatic rings. The lowest BCUT2D eigenvalue weighted by atomic mass is 9.97. The van der Waals surface area contributed by atoms with Gasteiger partial charge in [-0.1, -0.05) is 24.3 Å². The fourth-order valence-electron chi connectivity index (χ4n) is 4.73. The molecular weight excluding hydrogens is 445 g/mol. The van der Waals surface area contributed by atoms with E-state index in [0.717, 1.165) is 47.7 Å². The van der Waals surface area contributed by atoms with Gasteiger partial charge in [0.25, 0.3) is 5.91 Å². The quantitative estimate of drug-likeness (QED) is 0.434. The van der Waals surface area contributed by atoms with Crippen molar-refractivity contribution < 1.29 is 13.9 Å². The van der Waals surface area contributed by atoms with Crippen LogP contribution in [0.3, 0.4) is 0 Å². The lowest BCUT2D eigenvalue weighted by Gasteiger charge is -2.35. The third-order valence-electron chi connectivity index (χ3n) is 6.51. The number of aryl methyl sites for hydroxylation is 1. The third-order valence-corrected chi connectivity index (χ3v) is 6.51. The lowest BCUT2D eigenvalue weighted by Crippen LogP contribution is -2.45. The number of aromatic amines is 1. The van der Waals surface area contributed by atoms with E-state index in [9.17, 15) is 9.18 Å². The van der Waals surface area contributed by atoms with E-state index in [-0.39, 0.29) is 17.8 Å². The molecule has 0 radical (unpaired) electrons. The summed E-state index contributed by atoms with van der Waals surface area (Å²) in [6, 6.07) is 14.0. The fraction of sp³-hybridized carbons (Fsp3) is 0.296. The Balaban J connectivity index is 1.38. The van der Waals surface area contributed by atoms with Gasteiger partial charge in [0.1, 0.15) is 17.4 Å². The molecule has 180 valence electrons. The standard InChI is InChI=1S/C27H28FN5O2/c1-32-17-23(18-9-11-20(28)12-10-18)26(31-32)27(34)33-13-4-3-7-21(33)15-25-29-16-24(30-25)19-6-5-8-22(14-19)35-2/h5-6,8-12,14,16-17,21H,3-4,7,13,15H2,1-2H3,(H,29,30). The zero-order valence-corrected chi connectivity index (χ0v) is 19.9. The van der Waals surface area contributed by atoms with Crippen LogP contribution in [-0.4, -0.2) is 50.3 Å². The Morgan fingerprint density at radius 1 is 1.17 bits per heavy atom. The average molecular weight is 474 g/mol. The van der Waals surface area contributed by atoms with Crippen molar-refractivity contribution in [3.05, 3.63) is 78.3 Å². The number of nitrogens with one attached hydrogen (secondary N) is 1. The Morgan fingerprint density at radius 2 is 2.00 bits per heavy atom. The first kappa shape index (κ1) is 22.8. The number of carbonyl (C=O) groups excluding carboxylic acids is 1. The Morgan fingerprint density at radius 3 is 2.80 bits per heavy atom. The van der Waals surface area contributed by atoms with Crippen LogP contribution in [0.2, 0.25) is 0 Å². The topological polar surface area (TPSA) is 76.0 Å². The van der Waals surface area contributed by atoms with Crippen LogP contribution in [-0.2, 0) is 13.5 Å². The van der Waals surface area contributed by atoms with E-state index in [1.165, 1.54) is 12.1 Å². The summed E-state index contributed by atoms with van der Waals surface area (Å²) in [4.78, 5) is 23.6. The maximum absolute atomic E-state index is 13.7. The number of hydrogen-bond donors (Lipinski definition) is 1. The van der Waals surface area contributed by atoms with Crippen molar-refractivity contribution in [1.82, 2.24) is 24.6 Å². The molecule has 3 heterocycles. The van der Waals surface area contributed by atoms with Gasteiger partial charge in [0, 0.05) is 43.4 Å². The number of nitrogens with zero attached hydrogens (tertiary/aromatic N) is 4. The molecule has 7 nitrogen and oxygen atoms in total. The summed E-state index contributed by atoms with van der Waals surface area (Å²) in [5.74, 6) is 1.21. The van der Waals surface area contributed by atoms with Crippen molar-refractivity contribution in [1.29, 1.82) is 0 Å². The molecule has 35 heavy (non-hydrogen) atoms. The molecule has 1 unspecified atom stereocenters. The summed E-state index contributed by atoms with van der Waals surface area (Å²) in [6.07, 6.45) is 7.18. The second kappa shape index (κ2) is 9.74. The summed E-state index contributed by atoms with van der Waals surface area (Å²) < 4.78 is 20.4.